The van der Waals surface area contributed by atoms with E-state index in [1.807, 2.05) is 0 Å². The van der Waals surface area contributed by atoms with Crippen LogP contribution in [0.3, 0.4) is 0 Å². The highest BCUT2D eigenvalue weighted by atomic mass is 16.5. The van der Waals surface area contributed by atoms with Gasteiger partial charge in [0.1, 0.15) is 0 Å². The molecule has 14 heavy (non-hydrogen) atoms. The Morgan fingerprint density at radius 3 is 2.71 bits per heavy atom. The standard InChI is InChI=1S/C9H12N2O3/c1-13-7-3-4-11-8(6(12)5-10)9(7)14-2/h3-4H,5,10H2,1-2H3. The number of hydrogen-bond donors (Lipinski definition) is 1. The number of nitrogens with two attached hydrogens (primary N) is 1. The van der Waals surface area contributed by atoms with E-state index in [9.17, 15) is 4.79 Å². The summed E-state index contributed by atoms with van der Waals surface area (Å²) in [5.74, 6) is 0.519. The quantitative estimate of drug-likeness (QED) is 0.698. The van der Waals surface area contributed by atoms with Crippen molar-refractivity contribution >= 4 is 5.78 Å². The average Bonchev–Trinajstić information content (AvgIpc) is 2.26. The topological polar surface area (TPSA) is 74.4 Å². The highest BCUT2D eigenvalue weighted by molar-refractivity contribution is 5.98. The van der Waals surface area contributed by atoms with Gasteiger partial charge in [-0.25, -0.2) is 4.98 Å². The molecule has 0 radical (unpaired) electrons. The predicted octanol–water partition coefficient (Wildman–Crippen LogP) is 0.240. The van der Waals surface area contributed by atoms with E-state index in [4.69, 9.17) is 15.2 Å². The monoisotopic (exact) mass is 196 g/mol. The van der Waals surface area contributed by atoms with Crippen LogP contribution in [0.15, 0.2) is 12.3 Å². The molecule has 0 bridgehead atoms. The van der Waals surface area contributed by atoms with Gasteiger partial charge in [-0.05, 0) is 0 Å². The van der Waals surface area contributed by atoms with Crippen LogP contribution >= 0.6 is 0 Å². The van der Waals surface area contributed by atoms with Gasteiger partial charge in [-0.15, -0.1) is 0 Å². The van der Waals surface area contributed by atoms with Crippen LogP contribution in [0.1, 0.15) is 10.5 Å². The minimum Gasteiger partial charge on any atom is -0.493 e. The fourth-order valence-electron chi connectivity index (χ4n) is 1.08. The van der Waals surface area contributed by atoms with Crippen LogP contribution in [0.5, 0.6) is 11.5 Å². The van der Waals surface area contributed by atoms with Crippen LogP contribution < -0.4 is 15.2 Å². The maximum atomic E-state index is 11.3. The molecule has 1 heterocycles. The summed E-state index contributed by atoms with van der Waals surface area (Å²) in [7, 11) is 2.95. The Kier molecular flexibility index (Phi) is 3.41. The Bertz CT molecular complexity index is 339. The zero-order chi connectivity index (χ0) is 10.6. The SMILES string of the molecule is COc1ccnc(C(=O)CN)c1OC. The molecule has 0 atom stereocenters. The molecule has 5 nitrogen and oxygen atoms in total. The smallest absolute Gasteiger partial charge is 0.198 e. The summed E-state index contributed by atoms with van der Waals surface area (Å²) >= 11 is 0. The van der Waals surface area contributed by atoms with Gasteiger partial charge in [-0.3, -0.25) is 4.79 Å². The first-order chi connectivity index (χ1) is 6.74. The van der Waals surface area contributed by atoms with Crippen molar-refractivity contribution in [3.63, 3.8) is 0 Å². The maximum Gasteiger partial charge on any atom is 0.198 e. The Hall–Kier alpha value is -1.62. The molecular formula is C9H12N2O3. The van der Waals surface area contributed by atoms with Crippen molar-refractivity contribution in [2.45, 2.75) is 0 Å². The third-order valence-corrected chi connectivity index (χ3v) is 1.74. The molecule has 0 spiro atoms. The molecule has 0 aliphatic rings. The predicted molar refractivity (Wildman–Crippen MR) is 50.7 cm³/mol. The van der Waals surface area contributed by atoms with E-state index in [2.05, 4.69) is 4.98 Å². The number of Topliss-reactive ketones (excluding diaryl/α,β-unsaturated/α-hetero) is 1. The minimum absolute atomic E-state index is 0.101. The third kappa shape index (κ3) is 1.82. The van der Waals surface area contributed by atoms with Crippen LogP contribution in [-0.4, -0.2) is 31.5 Å². The largest absolute Gasteiger partial charge is 0.493 e. The van der Waals surface area contributed by atoms with Crippen molar-refractivity contribution < 1.29 is 14.3 Å². The molecule has 0 saturated heterocycles. The van der Waals surface area contributed by atoms with E-state index < -0.39 is 0 Å². The second kappa shape index (κ2) is 4.57. The molecule has 0 fully saturated rings. The van der Waals surface area contributed by atoms with E-state index in [1.54, 1.807) is 6.07 Å². The van der Waals surface area contributed by atoms with Crippen molar-refractivity contribution in [2.24, 2.45) is 5.73 Å². The van der Waals surface area contributed by atoms with Gasteiger partial charge >= 0.3 is 0 Å². The molecule has 0 unspecified atom stereocenters. The van der Waals surface area contributed by atoms with Crippen LogP contribution in [0, 0.1) is 0 Å². The first-order valence-electron chi connectivity index (χ1n) is 4.04. The summed E-state index contributed by atoms with van der Waals surface area (Å²) in [6.07, 6.45) is 1.48. The van der Waals surface area contributed by atoms with E-state index >= 15 is 0 Å². The Labute approximate surface area is 81.8 Å². The summed E-state index contributed by atoms with van der Waals surface area (Å²) in [5.41, 5.74) is 5.44. The average molecular weight is 196 g/mol. The van der Waals surface area contributed by atoms with Gasteiger partial charge in [0, 0.05) is 12.3 Å². The number of carbonyl (C=O) groups excluding carboxylic acids is 1. The van der Waals surface area contributed by atoms with Crippen LogP contribution in [0.2, 0.25) is 0 Å². The first-order valence-corrected chi connectivity index (χ1v) is 4.04. The van der Waals surface area contributed by atoms with Crippen molar-refractivity contribution in [3.8, 4) is 11.5 Å². The fraction of sp³-hybridized carbons (Fsp3) is 0.333. The van der Waals surface area contributed by atoms with Gasteiger partial charge in [0.2, 0.25) is 0 Å². The molecule has 1 aromatic heterocycles. The van der Waals surface area contributed by atoms with Crippen molar-refractivity contribution in [2.75, 3.05) is 20.8 Å². The molecule has 1 aromatic rings. The van der Waals surface area contributed by atoms with Gasteiger partial charge in [-0.2, -0.15) is 0 Å². The van der Waals surface area contributed by atoms with Crippen LogP contribution in [0.25, 0.3) is 0 Å². The number of rotatable bonds is 4. The molecule has 76 valence electrons. The van der Waals surface area contributed by atoms with Crippen LogP contribution in [0.4, 0.5) is 0 Å². The summed E-state index contributed by atoms with van der Waals surface area (Å²) in [6, 6.07) is 1.62. The zero-order valence-electron chi connectivity index (χ0n) is 8.11. The van der Waals surface area contributed by atoms with E-state index in [0.29, 0.717) is 11.5 Å². The Morgan fingerprint density at radius 2 is 2.21 bits per heavy atom. The summed E-state index contributed by atoms with van der Waals surface area (Å²) < 4.78 is 10.0. The number of hydrogen-bond acceptors (Lipinski definition) is 5. The molecule has 0 aliphatic heterocycles. The van der Waals surface area contributed by atoms with Gasteiger partial charge in [0.25, 0.3) is 0 Å². The molecule has 5 heteroatoms. The normalized spacial score (nSPS) is 9.64. The molecule has 0 aromatic carbocycles. The third-order valence-electron chi connectivity index (χ3n) is 1.74. The summed E-state index contributed by atoms with van der Waals surface area (Å²) in [6.45, 7) is -0.101. The number of methoxy groups -OCH3 is 2. The lowest BCUT2D eigenvalue weighted by atomic mass is 10.2. The lowest BCUT2D eigenvalue weighted by Gasteiger charge is -2.09. The number of nitrogens with zero attached hydrogens (tertiary/aromatic N) is 1. The molecule has 0 amide bonds. The van der Waals surface area contributed by atoms with Crippen molar-refractivity contribution in [3.05, 3.63) is 18.0 Å². The van der Waals surface area contributed by atoms with E-state index in [1.165, 1.54) is 20.4 Å². The van der Waals surface area contributed by atoms with E-state index in [0.717, 1.165) is 0 Å². The summed E-state index contributed by atoms with van der Waals surface area (Å²) in [5, 5.41) is 0. The van der Waals surface area contributed by atoms with Gasteiger partial charge in [-0.1, -0.05) is 0 Å². The maximum absolute atomic E-state index is 11.3. The van der Waals surface area contributed by atoms with E-state index in [-0.39, 0.29) is 18.0 Å². The lowest BCUT2D eigenvalue weighted by molar-refractivity contribution is 0.0992. The highest BCUT2D eigenvalue weighted by Gasteiger charge is 2.16. The van der Waals surface area contributed by atoms with Gasteiger partial charge in [0.05, 0.1) is 20.8 Å². The number of carbonyl (C=O) groups is 1. The molecule has 2 N–H and O–H groups in total. The molecular weight excluding hydrogens is 184 g/mol. The number of pyridine rings is 1. The molecule has 0 saturated carbocycles. The second-order valence-electron chi connectivity index (χ2n) is 2.52. The lowest BCUT2D eigenvalue weighted by Crippen LogP contribution is -2.16. The number of ketones is 1. The minimum atomic E-state index is -0.277. The zero-order valence-corrected chi connectivity index (χ0v) is 8.11. The Morgan fingerprint density at radius 1 is 1.50 bits per heavy atom. The van der Waals surface area contributed by atoms with Crippen LogP contribution in [-0.2, 0) is 0 Å². The van der Waals surface area contributed by atoms with Gasteiger partial charge in [0.15, 0.2) is 23.0 Å². The fourth-order valence-corrected chi connectivity index (χ4v) is 1.08. The molecule has 0 aliphatic carbocycles. The Balaban J connectivity index is 3.21. The number of ether oxygens (including phenoxy) is 2. The molecule has 1 rings (SSSR count). The summed E-state index contributed by atoms with van der Waals surface area (Å²) in [4.78, 5) is 15.2. The number of aromatic nitrogens is 1. The van der Waals surface area contributed by atoms with Gasteiger partial charge < -0.3 is 15.2 Å². The van der Waals surface area contributed by atoms with Crippen molar-refractivity contribution in [1.82, 2.24) is 4.98 Å². The first kappa shape index (κ1) is 10.5. The second-order valence-corrected chi connectivity index (χ2v) is 2.52. The highest BCUT2D eigenvalue weighted by Crippen LogP contribution is 2.28. The van der Waals surface area contributed by atoms with Crippen molar-refractivity contribution in [1.29, 1.82) is 0 Å².